The van der Waals surface area contributed by atoms with Gasteiger partial charge in [-0.25, -0.2) is 9.78 Å². The van der Waals surface area contributed by atoms with Gasteiger partial charge in [0.15, 0.2) is 0 Å². The molecule has 0 spiro atoms. The minimum Gasteiger partial charge on any atom is -0.507 e. The third-order valence-electron chi connectivity index (χ3n) is 6.53. The van der Waals surface area contributed by atoms with E-state index in [1.54, 1.807) is 19.5 Å². The lowest BCUT2D eigenvalue weighted by molar-refractivity contribution is 0.0659. The highest BCUT2D eigenvalue weighted by molar-refractivity contribution is 8.00. The van der Waals surface area contributed by atoms with Crippen molar-refractivity contribution < 1.29 is 19.0 Å². The van der Waals surface area contributed by atoms with E-state index in [1.165, 1.54) is 11.9 Å². The number of hydrogen-bond acceptors (Lipinski definition) is 8. The number of imidazole rings is 1. The number of aryl methyl sites for hydroxylation is 1. The van der Waals surface area contributed by atoms with E-state index >= 15 is 0 Å². The number of nitrogens with one attached hydrogen (secondary N) is 1. The molecule has 3 aromatic rings. The Labute approximate surface area is 216 Å². The Morgan fingerprint density at radius 2 is 2.11 bits per heavy atom. The largest absolute Gasteiger partial charge is 0.507 e. The molecule has 2 N–H and O–H groups in total. The topological polar surface area (TPSA) is 98.7 Å². The van der Waals surface area contributed by atoms with Gasteiger partial charge in [0.1, 0.15) is 16.5 Å². The Kier molecular flexibility index (Phi) is 9.12. The van der Waals surface area contributed by atoms with E-state index in [0.717, 1.165) is 35.5 Å². The first-order chi connectivity index (χ1) is 17.5. The first-order valence-electron chi connectivity index (χ1n) is 12.4. The summed E-state index contributed by atoms with van der Waals surface area (Å²) in [5.41, 5.74) is 1.79. The van der Waals surface area contributed by atoms with E-state index in [9.17, 15) is 9.90 Å². The van der Waals surface area contributed by atoms with Crippen molar-refractivity contribution >= 4 is 17.6 Å². The molecule has 4 rings (SSSR count). The van der Waals surface area contributed by atoms with Crippen LogP contribution in [-0.2, 0) is 16.5 Å². The van der Waals surface area contributed by atoms with Crippen LogP contribution in [0.3, 0.4) is 0 Å². The smallest absolute Gasteiger partial charge is 0.343 e. The number of hydrogen-bond donors (Lipinski definition) is 2. The van der Waals surface area contributed by atoms with Gasteiger partial charge in [0.05, 0.1) is 25.1 Å². The fourth-order valence-corrected chi connectivity index (χ4v) is 5.13. The quantitative estimate of drug-likeness (QED) is 0.222. The normalized spacial score (nSPS) is 15.1. The second-order valence-corrected chi connectivity index (χ2v) is 10.1. The summed E-state index contributed by atoms with van der Waals surface area (Å²) in [7, 11) is 3.57. The monoisotopic (exact) mass is 513 g/mol. The van der Waals surface area contributed by atoms with Gasteiger partial charge in [0.25, 0.3) is 0 Å². The van der Waals surface area contributed by atoms with Crippen LogP contribution in [0.15, 0.2) is 57.1 Å². The highest BCUT2D eigenvalue weighted by atomic mass is 32.2. The van der Waals surface area contributed by atoms with Gasteiger partial charge in [-0.15, -0.1) is 0 Å². The molecular formula is C27H35N3O5S. The maximum Gasteiger partial charge on any atom is 0.343 e. The van der Waals surface area contributed by atoms with Crippen LogP contribution in [0.1, 0.15) is 61.3 Å². The van der Waals surface area contributed by atoms with Crippen LogP contribution in [0, 0.1) is 5.92 Å². The molecule has 0 amide bonds. The second kappa shape index (κ2) is 12.5. The van der Waals surface area contributed by atoms with Gasteiger partial charge in [-0.3, -0.25) is 0 Å². The Bertz CT molecular complexity index is 1190. The number of benzene rings is 1. The van der Waals surface area contributed by atoms with Crippen LogP contribution in [-0.4, -0.2) is 41.6 Å². The van der Waals surface area contributed by atoms with Crippen molar-refractivity contribution in [2.75, 3.05) is 31.7 Å². The number of ether oxygens (including phenoxy) is 2. The zero-order chi connectivity index (χ0) is 25.5. The summed E-state index contributed by atoms with van der Waals surface area (Å²) in [6, 6.07) is 9.64. The van der Waals surface area contributed by atoms with Gasteiger partial charge in [0, 0.05) is 62.5 Å². The van der Waals surface area contributed by atoms with Crippen LogP contribution in [0.2, 0.25) is 0 Å². The maximum atomic E-state index is 13.2. The molecule has 2 heterocycles. The highest BCUT2D eigenvalue weighted by Gasteiger charge is 2.37. The molecule has 0 radical (unpaired) electrons. The third-order valence-corrected chi connectivity index (χ3v) is 7.29. The molecule has 0 bridgehead atoms. The van der Waals surface area contributed by atoms with Gasteiger partial charge in [-0.2, -0.15) is 0 Å². The first-order valence-corrected chi connectivity index (χ1v) is 13.3. The Balaban J connectivity index is 1.53. The van der Waals surface area contributed by atoms with E-state index in [2.05, 4.69) is 9.71 Å². The van der Waals surface area contributed by atoms with Crippen molar-refractivity contribution in [3.63, 3.8) is 0 Å². The van der Waals surface area contributed by atoms with E-state index in [4.69, 9.17) is 13.9 Å². The summed E-state index contributed by atoms with van der Waals surface area (Å²) >= 11 is 1.43. The van der Waals surface area contributed by atoms with Crippen LogP contribution < -0.4 is 10.3 Å². The average molecular weight is 514 g/mol. The zero-order valence-corrected chi connectivity index (χ0v) is 21.9. The second-order valence-electron chi connectivity index (χ2n) is 9.26. The van der Waals surface area contributed by atoms with Gasteiger partial charge < -0.3 is 28.3 Å². The van der Waals surface area contributed by atoms with Gasteiger partial charge in [-0.05, 0) is 49.3 Å². The van der Waals surface area contributed by atoms with Crippen molar-refractivity contribution in [1.29, 1.82) is 0 Å². The van der Waals surface area contributed by atoms with Crippen LogP contribution >= 0.6 is 11.9 Å². The summed E-state index contributed by atoms with van der Waals surface area (Å²) in [5, 5.41) is 11.9. The van der Waals surface area contributed by atoms with Crippen molar-refractivity contribution in [2.45, 2.75) is 49.5 Å². The molecular weight excluding hydrogens is 478 g/mol. The van der Waals surface area contributed by atoms with E-state index in [1.807, 2.05) is 49.0 Å². The number of aromatic hydroxyl groups is 1. The summed E-state index contributed by atoms with van der Waals surface area (Å²) in [4.78, 5) is 17.6. The lowest BCUT2D eigenvalue weighted by Gasteiger charge is -2.20. The summed E-state index contributed by atoms with van der Waals surface area (Å²) in [5.74, 6) is 0.610. The highest BCUT2D eigenvalue weighted by Crippen LogP contribution is 2.48. The van der Waals surface area contributed by atoms with Crippen LogP contribution in [0.4, 0.5) is 5.69 Å². The standard InChI is InChI=1S/C27H35N3O5S/c1-4-18(10-11-34-13-12-33-3)23-15-22(31)26(27(32)35-23)25(19-8-9-19)20-6-5-7-21(14-20)29-36-24-16-30(2)17-28-24/h5-7,14-19,25,29,31H,4,8-13H2,1-3H3. The molecule has 0 saturated heterocycles. The molecule has 9 heteroatoms. The molecule has 1 saturated carbocycles. The number of aromatic nitrogens is 2. The first kappa shape index (κ1) is 26.3. The predicted octanol–water partition coefficient (Wildman–Crippen LogP) is 5.29. The van der Waals surface area contributed by atoms with E-state index in [0.29, 0.717) is 43.5 Å². The van der Waals surface area contributed by atoms with Gasteiger partial charge in [-0.1, -0.05) is 19.1 Å². The molecule has 1 fully saturated rings. The van der Waals surface area contributed by atoms with Gasteiger partial charge >= 0.3 is 5.63 Å². The summed E-state index contributed by atoms with van der Waals surface area (Å²) < 4.78 is 21.6. The minimum absolute atomic E-state index is 0.00396. The Morgan fingerprint density at radius 1 is 1.28 bits per heavy atom. The maximum absolute atomic E-state index is 13.2. The third kappa shape index (κ3) is 6.72. The SMILES string of the molecule is CCC(CCOCCOC)c1cc(O)c(C(c2cccc(NSc3cn(C)cn3)c2)C2CC2)c(=O)o1. The minimum atomic E-state index is -0.457. The fraction of sp³-hybridized carbons (Fsp3) is 0.481. The summed E-state index contributed by atoms with van der Waals surface area (Å²) in [6.45, 7) is 3.65. The zero-order valence-electron chi connectivity index (χ0n) is 21.1. The van der Waals surface area contributed by atoms with Gasteiger partial charge in [0.2, 0.25) is 0 Å². The Hall–Kier alpha value is -2.75. The number of methoxy groups -OCH3 is 1. The number of nitrogens with zero attached hydrogens (tertiary/aromatic N) is 2. The van der Waals surface area contributed by atoms with Crippen molar-refractivity contribution in [2.24, 2.45) is 13.0 Å². The van der Waals surface area contributed by atoms with E-state index < -0.39 is 5.63 Å². The molecule has 194 valence electrons. The molecule has 2 unspecified atom stereocenters. The lowest BCUT2D eigenvalue weighted by Crippen LogP contribution is -2.18. The molecule has 1 aliphatic rings. The van der Waals surface area contributed by atoms with Crippen LogP contribution in [0.5, 0.6) is 5.75 Å². The molecule has 2 atom stereocenters. The fourth-order valence-electron chi connectivity index (χ4n) is 4.47. The molecule has 1 aromatic carbocycles. The number of anilines is 1. The predicted molar refractivity (Wildman–Crippen MR) is 141 cm³/mol. The van der Waals surface area contributed by atoms with Crippen molar-refractivity contribution in [1.82, 2.24) is 9.55 Å². The molecule has 0 aliphatic heterocycles. The lowest BCUT2D eigenvalue weighted by atomic mass is 9.87. The van der Waals surface area contributed by atoms with Crippen LogP contribution in [0.25, 0.3) is 0 Å². The summed E-state index contributed by atoms with van der Waals surface area (Å²) in [6.07, 6.45) is 7.21. The van der Waals surface area contributed by atoms with Crippen molar-refractivity contribution in [3.05, 3.63) is 70.2 Å². The average Bonchev–Trinajstić information content (AvgIpc) is 3.62. The van der Waals surface area contributed by atoms with E-state index in [-0.39, 0.29) is 17.6 Å². The molecule has 2 aromatic heterocycles. The van der Waals surface area contributed by atoms with Crippen molar-refractivity contribution in [3.8, 4) is 5.75 Å². The number of rotatable bonds is 14. The molecule has 1 aliphatic carbocycles. The Morgan fingerprint density at radius 3 is 2.78 bits per heavy atom. The molecule has 8 nitrogen and oxygen atoms in total. The molecule has 36 heavy (non-hydrogen) atoms.